The molecule has 14 heavy (non-hydrogen) atoms. The fourth-order valence-electron chi connectivity index (χ4n) is 0.925. The quantitative estimate of drug-likeness (QED) is 0.685. The Morgan fingerprint density at radius 2 is 2.14 bits per heavy atom. The number of aliphatic hydroxyl groups excluding tert-OH is 1. The van der Waals surface area contributed by atoms with Crippen LogP contribution in [-0.2, 0) is 4.74 Å². The van der Waals surface area contributed by atoms with E-state index in [0.29, 0.717) is 19.8 Å². The van der Waals surface area contributed by atoms with Crippen LogP contribution in [0.2, 0.25) is 0 Å². The highest BCUT2D eigenvalue weighted by Gasteiger charge is 1.93. The number of rotatable bonds is 6. The lowest BCUT2D eigenvalue weighted by atomic mass is 10.4. The number of aliphatic hydroxyl groups is 1. The van der Waals surface area contributed by atoms with E-state index in [0.717, 1.165) is 11.4 Å². The van der Waals surface area contributed by atoms with Crippen LogP contribution < -0.4 is 4.74 Å². The number of aromatic nitrogens is 1. The Morgan fingerprint density at radius 3 is 2.79 bits per heavy atom. The van der Waals surface area contributed by atoms with Gasteiger partial charge in [-0.1, -0.05) is 0 Å². The predicted molar refractivity (Wildman–Crippen MR) is 52.4 cm³/mol. The molecule has 1 rings (SSSR count). The van der Waals surface area contributed by atoms with Crippen molar-refractivity contribution in [2.75, 3.05) is 26.4 Å². The zero-order valence-electron chi connectivity index (χ0n) is 8.27. The van der Waals surface area contributed by atoms with Crippen molar-refractivity contribution in [3.63, 3.8) is 0 Å². The molecule has 0 radical (unpaired) electrons. The molecule has 0 aliphatic rings. The van der Waals surface area contributed by atoms with Crippen LogP contribution in [-0.4, -0.2) is 36.5 Å². The molecule has 1 heterocycles. The summed E-state index contributed by atoms with van der Waals surface area (Å²) >= 11 is 0. The fraction of sp³-hybridized carbons (Fsp3) is 0.500. The van der Waals surface area contributed by atoms with Crippen molar-refractivity contribution in [3.05, 3.63) is 24.0 Å². The first-order valence-electron chi connectivity index (χ1n) is 4.57. The minimum Gasteiger partial charge on any atom is -0.490 e. The number of hydrogen-bond acceptors (Lipinski definition) is 4. The third-order valence-electron chi connectivity index (χ3n) is 1.62. The third kappa shape index (κ3) is 4.20. The molecule has 0 spiro atoms. The summed E-state index contributed by atoms with van der Waals surface area (Å²) in [4.78, 5) is 4.09. The van der Waals surface area contributed by atoms with Crippen molar-refractivity contribution in [3.8, 4) is 5.75 Å². The first-order valence-corrected chi connectivity index (χ1v) is 4.57. The number of nitrogens with zero attached hydrogens (tertiary/aromatic N) is 1. The number of hydrogen-bond donors (Lipinski definition) is 1. The first-order chi connectivity index (χ1) is 6.83. The molecule has 0 bridgehead atoms. The van der Waals surface area contributed by atoms with Gasteiger partial charge in [0.1, 0.15) is 12.4 Å². The molecule has 0 saturated carbocycles. The summed E-state index contributed by atoms with van der Waals surface area (Å²) < 4.78 is 10.4. The Kier molecular flexibility index (Phi) is 4.96. The number of ether oxygens (including phenoxy) is 2. The second-order valence-corrected chi connectivity index (χ2v) is 2.82. The van der Waals surface area contributed by atoms with Gasteiger partial charge < -0.3 is 14.6 Å². The van der Waals surface area contributed by atoms with E-state index < -0.39 is 0 Å². The first kappa shape index (κ1) is 10.9. The van der Waals surface area contributed by atoms with Gasteiger partial charge in [-0.3, -0.25) is 4.98 Å². The van der Waals surface area contributed by atoms with Gasteiger partial charge in [-0.05, 0) is 19.1 Å². The second kappa shape index (κ2) is 6.34. The minimum atomic E-state index is 0.0477. The van der Waals surface area contributed by atoms with Gasteiger partial charge in [0.2, 0.25) is 0 Å². The molecule has 0 aromatic carbocycles. The molecule has 4 nitrogen and oxygen atoms in total. The molecular formula is C10H15NO3. The van der Waals surface area contributed by atoms with E-state index in [9.17, 15) is 0 Å². The monoisotopic (exact) mass is 197 g/mol. The highest BCUT2D eigenvalue weighted by molar-refractivity contribution is 5.18. The summed E-state index contributed by atoms with van der Waals surface area (Å²) in [7, 11) is 0. The maximum absolute atomic E-state index is 8.44. The molecule has 0 saturated heterocycles. The topological polar surface area (TPSA) is 51.6 Å². The maximum Gasteiger partial charge on any atom is 0.137 e. The van der Waals surface area contributed by atoms with Gasteiger partial charge in [0.25, 0.3) is 0 Å². The molecule has 1 aromatic heterocycles. The van der Waals surface area contributed by atoms with Crippen LogP contribution in [0.25, 0.3) is 0 Å². The lowest BCUT2D eigenvalue weighted by Crippen LogP contribution is -2.09. The Morgan fingerprint density at radius 1 is 1.29 bits per heavy atom. The molecule has 0 aliphatic heterocycles. The molecule has 0 fully saturated rings. The average molecular weight is 197 g/mol. The Balaban J connectivity index is 2.15. The van der Waals surface area contributed by atoms with Gasteiger partial charge in [0.15, 0.2) is 0 Å². The fourth-order valence-corrected chi connectivity index (χ4v) is 0.925. The molecule has 1 N–H and O–H groups in total. The summed E-state index contributed by atoms with van der Waals surface area (Å²) in [6.45, 7) is 3.29. The largest absolute Gasteiger partial charge is 0.490 e. The average Bonchev–Trinajstić information content (AvgIpc) is 2.21. The van der Waals surface area contributed by atoms with E-state index in [1.54, 1.807) is 6.20 Å². The normalized spacial score (nSPS) is 10.1. The van der Waals surface area contributed by atoms with Crippen molar-refractivity contribution in [2.45, 2.75) is 6.92 Å². The molecule has 1 aromatic rings. The van der Waals surface area contributed by atoms with Gasteiger partial charge in [0, 0.05) is 5.69 Å². The molecule has 0 atom stereocenters. The molecule has 0 aliphatic carbocycles. The molecule has 0 amide bonds. The predicted octanol–water partition coefficient (Wildman–Crippen LogP) is 0.778. The highest BCUT2D eigenvalue weighted by Crippen LogP contribution is 2.07. The summed E-state index contributed by atoms with van der Waals surface area (Å²) in [5.41, 5.74) is 0.967. The van der Waals surface area contributed by atoms with Gasteiger partial charge in [-0.15, -0.1) is 0 Å². The van der Waals surface area contributed by atoms with E-state index >= 15 is 0 Å². The lowest BCUT2D eigenvalue weighted by Gasteiger charge is -2.05. The smallest absolute Gasteiger partial charge is 0.137 e. The van der Waals surface area contributed by atoms with Crippen LogP contribution in [0, 0.1) is 6.92 Å². The Hall–Kier alpha value is -1.13. The van der Waals surface area contributed by atoms with Crippen LogP contribution in [0.5, 0.6) is 5.75 Å². The summed E-state index contributed by atoms with van der Waals surface area (Å²) in [5.74, 6) is 0.739. The van der Waals surface area contributed by atoms with Crippen LogP contribution in [0.15, 0.2) is 18.3 Å². The molecule has 78 valence electrons. The van der Waals surface area contributed by atoms with Gasteiger partial charge >= 0.3 is 0 Å². The van der Waals surface area contributed by atoms with Crippen molar-refractivity contribution < 1.29 is 14.6 Å². The van der Waals surface area contributed by atoms with Gasteiger partial charge in [-0.25, -0.2) is 0 Å². The summed E-state index contributed by atoms with van der Waals surface area (Å²) in [6.07, 6.45) is 1.68. The molecular weight excluding hydrogens is 182 g/mol. The van der Waals surface area contributed by atoms with Crippen molar-refractivity contribution in [2.24, 2.45) is 0 Å². The van der Waals surface area contributed by atoms with E-state index in [-0.39, 0.29) is 6.61 Å². The Labute approximate surface area is 83.5 Å². The van der Waals surface area contributed by atoms with Crippen molar-refractivity contribution >= 4 is 0 Å². The lowest BCUT2D eigenvalue weighted by molar-refractivity contribution is 0.0704. The SMILES string of the molecule is Cc1ccc(OCCOCCO)cn1. The minimum absolute atomic E-state index is 0.0477. The third-order valence-corrected chi connectivity index (χ3v) is 1.62. The van der Waals surface area contributed by atoms with Crippen molar-refractivity contribution in [1.82, 2.24) is 4.98 Å². The summed E-state index contributed by atoms with van der Waals surface area (Å²) in [6, 6.07) is 3.76. The number of aryl methyl sites for hydroxylation is 1. The van der Waals surface area contributed by atoms with E-state index in [1.807, 2.05) is 19.1 Å². The Bertz CT molecular complexity index is 248. The number of pyridine rings is 1. The maximum atomic E-state index is 8.44. The van der Waals surface area contributed by atoms with E-state index in [4.69, 9.17) is 14.6 Å². The standard InChI is InChI=1S/C10H15NO3/c1-9-2-3-10(8-11-9)14-7-6-13-5-4-12/h2-3,8,12H,4-7H2,1H3. The molecule has 4 heteroatoms. The zero-order valence-corrected chi connectivity index (χ0v) is 8.27. The van der Waals surface area contributed by atoms with Crippen LogP contribution in [0.4, 0.5) is 0 Å². The highest BCUT2D eigenvalue weighted by atomic mass is 16.5. The van der Waals surface area contributed by atoms with E-state index in [1.165, 1.54) is 0 Å². The van der Waals surface area contributed by atoms with Crippen LogP contribution >= 0.6 is 0 Å². The van der Waals surface area contributed by atoms with Crippen LogP contribution in [0.1, 0.15) is 5.69 Å². The van der Waals surface area contributed by atoms with Crippen molar-refractivity contribution in [1.29, 1.82) is 0 Å². The van der Waals surface area contributed by atoms with Gasteiger partial charge in [0.05, 0.1) is 26.0 Å². The zero-order chi connectivity index (χ0) is 10.2. The van der Waals surface area contributed by atoms with Gasteiger partial charge in [-0.2, -0.15) is 0 Å². The summed E-state index contributed by atoms with van der Waals surface area (Å²) in [5, 5.41) is 8.44. The van der Waals surface area contributed by atoms with Crippen LogP contribution in [0.3, 0.4) is 0 Å². The molecule has 0 unspecified atom stereocenters. The second-order valence-electron chi connectivity index (χ2n) is 2.82. The van der Waals surface area contributed by atoms with E-state index in [2.05, 4.69) is 4.98 Å².